The molecule has 1 aromatic carbocycles. The van der Waals surface area contributed by atoms with Crippen LogP contribution in [0.25, 0.3) is 0 Å². The van der Waals surface area contributed by atoms with Gasteiger partial charge in [0.25, 0.3) is 0 Å². The van der Waals surface area contributed by atoms with Crippen molar-refractivity contribution in [1.82, 2.24) is 0 Å². The number of phenolic OH excluding ortho intramolecular Hbond substituents is 2. The molecule has 0 saturated carbocycles. The molecule has 0 aromatic heterocycles. The van der Waals surface area contributed by atoms with Crippen LogP contribution in [0.4, 0.5) is 0 Å². The minimum Gasteiger partial charge on any atom is -0.507 e. The molecule has 7 heteroatoms. The van der Waals surface area contributed by atoms with Crippen LogP contribution in [-0.2, 0) is 15.0 Å². The topological polar surface area (TPSA) is 121 Å². The molecule has 1 heterocycles. The third-order valence-electron chi connectivity index (χ3n) is 4.75. The van der Waals surface area contributed by atoms with E-state index < -0.39 is 45.6 Å². The summed E-state index contributed by atoms with van der Waals surface area (Å²) >= 11 is 0. The zero-order valence-corrected chi connectivity index (χ0v) is 14.1. The predicted octanol–water partition coefficient (Wildman–Crippen LogP) is 2.13. The number of allylic oxidation sites excluding steroid dienone is 3. The van der Waals surface area contributed by atoms with Gasteiger partial charge in [0.1, 0.15) is 45.3 Å². The van der Waals surface area contributed by atoms with Crippen molar-refractivity contribution >= 4 is 17.3 Å². The average molecular weight is 344 g/mol. The van der Waals surface area contributed by atoms with Crippen LogP contribution in [0, 0.1) is 6.92 Å². The number of aliphatic hydroxyl groups is 1. The molecule has 0 spiro atoms. The maximum atomic E-state index is 13.0. The number of ether oxygens (including phenoxy) is 1. The van der Waals surface area contributed by atoms with Gasteiger partial charge >= 0.3 is 0 Å². The van der Waals surface area contributed by atoms with Crippen LogP contribution in [0.15, 0.2) is 23.2 Å². The van der Waals surface area contributed by atoms with Crippen LogP contribution in [0.1, 0.15) is 42.3 Å². The molecule has 1 atom stereocenters. The van der Waals surface area contributed by atoms with Gasteiger partial charge in [0, 0.05) is 11.6 Å². The van der Waals surface area contributed by atoms with Gasteiger partial charge < -0.3 is 20.1 Å². The standard InChI is InChI=1S/C18H16O7/c1-6-14(22)12(8(3)20)15(23)13-16(6)25-10-5-9(21)11(7(2)19)17(24)18(10,13)4/h5,21-23H,1-4H3. The molecule has 0 radical (unpaired) electrons. The number of rotatable bonds is 2. The summed E-state index contributed by atoms with van der Waals surface area (Å²) in [5.74, 6) is -3.47. The van der Waals surface area contributed by atoms with Gasteiger partial charge in [-0.2, -0.15) is 0 Å². The van der Waals surface area contributed by atoms with E-state index in [-0.39, 0.29) is 28.2 Å². The highest BCUT2D eigenvalue weighted by Gasteiger charge is 2.55. The van der Waals surface area contributed by atoms with Gasteiger partial charge in [-0.15, -0.1) is 0 Å². The second-order valence-corrected chi connectivity index (χ2v) is 6.34. The predicted molar refractivity (Wildman–Crippen MR) is 85.9 cm³/mol. The number of hydrogen-bond donors (Lipinski definition) is 3. The van der Waals surface area contributed by atoms with Crippen LogP contribution in [0.2, 0.25) is 0 Å². The molecule has 1 aliphatic carbocycles. The van der Waals surface area contributed by atoms with Crippen molar-refractivity contribution in [2.45, 2.75) is 33.1 Å². The summed E-state index contributed by atoms with van der Waals surface area (Å²) < 4.78 is 5.61. The Morgan fingerprint density at radius 1 is 1.08 bits per heavy atom. The number of fused-ring (bicyclic) bond motifs is 3. The largest absolute Gasteiger partial charge is 0.507 e. The monoisotopic (exact) mass is 344 g/mol. The maximum Gasteiger partial charge on any atom is 0.188 e. The van der Waals surface area contributed by atoms with E-state index in [0.29, 0.717) is 0 Å². The Morgan fingerprint density at radius 3 is 2.20 bits per heavy atom. The van der Waals surface area contributed by atoms with E-state index in [2.05, 4.69) is 0 Å². The van der Waals surface area contributed by atoms with Crippen LogP contribution < -0.4 is 4.74 Å². The smallest absolute Gasteiger partial charge is 0.188 e. The molecular formula is C18H16O7. The molecule has 1 unspecified atom stereocenters. The van der Waals surface area contributed by atoms with Crippen molar-refractivity contribution in [3.63, 3.8) is 0 Å². The first-order valence-electron chi connectivity index (χ1n) is 7.52. The fourth-order valence-electron chi connectivity index (χ4n) is 3.39. The number of ketones is 3. The zero-order valence-electron chi connectivity index (χ0n) is 14.1. The Morgan fingerprint density at radius 2 is 1.68 bits per heavy atom. The first-order valence-corrected chi connectivity index (χ1v) is 7.52. The van der Waals surface area contributed by atoms with Crippen molar-refractivity contribution in [2.24, 2.45) is 0 Å². The van der Waals surface area contributed by atoms with E-state index in [1.807, 2.05) is 0 Å². The summed E-state index contributed by atoms with van der Waals surface area (Å²) in [7, 11) is 0. The zero-order chi connectivity index (χ0) is 18.8. The summed E-state index contributed by atoms with van der Waals surface area (Å²) in [6.07, 6.45) is 1.14. The minimum atomic E-state index is -1.59. The normalized spacial score (nSPS) is 21.4. The first-order chi connectivity index (χ1) is 11.5. The molecular weight excluding hydrogens is 328 g/mol. The average Bonchev–Trinajstić information content (AvgIpc) is 2.79. The summed E-state index contributed by atoms with van der Waals surface area (Å²) in [6, 6.07) is 0. The molecule has 3 rings (SSSR count). The van der Waals surface area contributed by atoms with Gasteiger partial charge in [-0.25, -0.2) is 0 Å². The number of carbonyl (C=O) groups is 3. The first kappa shape index (κ1) is 16.8. The summed E-state index contributed by atoms with van der Waals surface area (Å²) in [6.45, 7) is 5.23. The summed E-state index contributed by atoms with van der Waals surface area (Å²) in [5, 5.41) is 30.8. The number of aliphatic hydroxyl groups excluding tert-OH is 1. The summed E-state index contributed by atoms with van der Waals surface area (Å²) in [5.41, 5.74) is -2.15. The van der Waals surface area contributed by atoms with Crippen LogP contribution in [0.3, 0.4) is 0 Å². The lowest BCUT2D eigenvalue weighted by Gasteiger charge is -2.28. The van der Waals surface area contributed by atoms with Crippen molar-refractivity contribution in [1.29, 1.82) is 0 Å². The number of aromatic hydroxyl groups is 2. The van der Waals surface area contributed by atoms with Gasteiger partial charge in [-0.1, -0.05) is 0 Å². The van der Waals surface area contributed by atoms with E-state index in [1.165, 1.54) is 20.8 Å². The lowest BCUT2D eigenvalue weighted by atomic mass is 9.71. The Bertz CT molecular complexity index is 949. The molecule has 2 aliphatic rings. The minimum absolute atomic E-state index is 0.00417. The van der Waals surface area contributed by atoms with Gasteiger partial charge in [0.15, 0.2) is 17.3 Å². The van der Waals surface area contributed by atoms with Crippen molar-refractivity contribution < 1.29 is 34.4 Å². The Kier molecular flexibility index (Phi) is 3.32. The number of benzene rings is 1. The highest BCUT2D eigenvalue weighted by molar-refractivity contribution is 6.25. The highest BCUT2D eigenvalue weighted by atomic mass is 16.5. The Balaban J connectivity index is 2.40. The SMILES string of the molecule is CC(=O)C1=C(O)C=C2Oc3c(C)c(O)c(C(C)=O)c(O)c3C2(C)C1=O. The Labute approximate surface area is 142 Å². The van der Waals surface area contributed by atoms with E-state index in [1.54, 1.807) is 0 Å². The second kappa shape index (κ2) is 4.95. The fraction of sp³-hybridized carbons (Fsp3) is 0.278. The summed E-state index contributed by atoms with van der Waals surface area (Å²) in [4.78, 5) is 36.6. The highest BCUT2D eigenvalue weighted by Crippen LogP contribution is 2.57. The van der Waals surface area contributed by atoms with Crippen molar-refractivity contribution in [3.05, 3.63) is 39.9 Å². The molecule has 1 aromatic rings. The molecule has 0 bridgehead atoms. The van der Waals surface area contributed by atoms with Gasteiger partial charge in [0.05, 0.1) is 5.56 Å². The third kappa shape index (κ3) is 1.89. The van der Waals surface area contributed by atoms with E-state index in [0.717, 1.165) is 13.0 Å². The quantitative estimate of drug-likeness (QED) is 0.555. The second-order valence-electron chi connectivity index (χ2n) is 6.34. The van der Waals surface area contributed by atoms with E-state index >= 15 is 0 Å². The molecule has 1 aliphatic heterocycles. The molecule has 3 N–H and O–H groups in total. The molecule has 0 fully saturated rings. The van der Waals surface area contributed by atoms with E-state index in [9.17, 15) is 29.7 Å². The van der Waals surface area contributed by atoms with Crippen molar-refractivity contribution in [3.8, 4) is 17.2 Å². The third-order valence-corrected chi connectivity index (χ3v) is 4.75. The Hall–Kier alpha value is -3.09. The molecule has 25 heavy (non-hydrogen) atoms. The number of hydrogen-bond acceptors (Lipinski definition) is 7. The molecule has 7 nitrogen and oxygen atoms in total. The van der Waals surface area contributed by atoms with Gasteiger partial charge in [-0.3, -0.25) is 14.4 Å². The maximum absolute atomic E-state index is 13.0. The molecule has 0 saturated heterocycles. The van der Waals surface area contributed by atoms with Gasteiger partial charge in [-0.05, 0) is 27.7 Å². The number of phenols is 2. The number of Topliss-reactive ketones (excluding diaryl/α,β-unsaturated/α-hetero) is 3. The lowest BCUT2D eigenvalue weighted by Crippen LogP contribution is -2.38. The van der Waals surface area contributed by atoms with E-state index in [4.69, 9.17) is 4.74 Å². The fourth-order valence-corrected chi connectivity index (χ4v) is 3.39. The van der Waals surface area contributed by atoms with Crippen LogP contribution >= 0.6 is 0 Å². The van der Waals surface area contributed by atoms with Gasteiger partial charge in [0.2, 0.25) is 0 Å². The lowest BCUT2D eigenvalue weighted by molar-refractivity contribution is -0.123. The van der Waals surface area contributed by atoms with Crippen LogP contribution in [-0.4, -0.2) is 32.7 Å². The number of carbonyl (C=O) groups excluding carboxylic acids is 3. The van der Waals surface area contributed by atoms with Crippen molar-refractivity contribution in [2.75, 3.05) is 0 Å². The molecule has 130 valence electrons. The van der Waals surface area contributed by atoms with Crippen LogP contribution in [0.5, 0.6) is 17.2 Å². The molecule has 0 amide bonds.